The van der Waals surface area contributed by atoms with E-state index in [0.717, 1.165) is 28.9 Å². The lowest BCUT2D eigenvalue weighted by molar-refractivity contribution is 0.330. The smallest absolute Gasteiger partial charge is 0.310 e. The lowest BCUT2D eigenvalue weighted by Crippen LogP contribution is -2.42. The summed E-state index contributed by atoms with van der Waals surface area (Å²) in [5.41, 5.74) is 2.84. The number of hydrogen-bond donors (Lipinski definition) is 1. The molecule has 0 spiro atoms. The molecule has 0 bridgehead atoms. The number of rotatable bonds is 6. The minimum absolute atomic E-state index is 0.165. The van der Waals surface area contributed by atoms with Gasteiger partial charge in [-0.2, -0.15) is 4.31 Å². The number of fused-ring (bicyclic) bond motifs is 1. The maximum atomic E-state index is 13.2. The molecule has 0 radical (unpaired) electrons. The molecule has 2 aromatic carbocycles. The highest BCUT2D eigenvalue weighted by Gasteiger charge is 2.65. The number of piperidine rings is 1. The zero-order chi connectivity index (χ0) is 26.5. The molecule has 0 amide bonds. The topological polar surface area (TPSA) is 66.7 Å². The average Bonchev–Trinajstić information content (AvgIpc) is 3.31. The first-order valence-corrected chi connectivity index (χ1v) is 14.7. The summed E-state index contributed by atoms with van der Waals surface area (Å²) in [6.07, 6.45) is 6.25. The number of nitrogens with one attached hydrogen (secondary N) is 1. The van der Waals surface area contributed by atoms with Crippen molar-refractivity contribution < 1.29 is 27.8 Å². The van der Waals surface area contributed by atoms with Gasteiger partial charge in [0.15, 0.2) is 0 Å². The standard InChI is InChI=1S/C24H23F5N4O2S2/c25-37(26,27,28,29)23-8-4-20(5-9-23)31-21-11-14-33(15-12-21)36(34,35)22-6-1-18(2-7-22)19-3-10-24-30-13-16-32(24)17-19/h1-10,13,16-17,21,31H,11-12,14-15H2. The Morgan fingerprint density at radius 3 is 2.08 bits per heavy atom. The Labute approximate surface area is 210 Å². The molecule has 37 heavy (non-hydrogen) atoms. The second-order valence-electron chi connectivity index (χ2n) is 8.95. The number of pyridine rings is 1. The minimum atomic E-state index is -9.72. The minimum Gasteiger partial charge on any atom is -0.382 e. The van der Waals surface area contributed by atoms with Crippen molar-refractivity contribution in [1.82, 2.24) is 13.7 Å². The Morgan fingerprint density at radius 2 is 1.46 bits per heavy atom. The van der Waals surface area contributed by atoms with Crippen molar-refractivity contribution in [2.24, 2.45) is 0 Å². The molecule has 4 aromatic rings. The molecule has 1 fully saturated rings. The number of sulfonamides is 1. The Morgan fingerprint density at radius 1 is 0.838 bits per heavy atom. The van der Waals surface area contributed by atoms with Gasteiger partial charge in [0.25, 0.3) is 0 Å². The van der Waals surface area contributed by atoms with Gasteiger partial charge < -0.3 is 9.72 Å². The number of nitrogens with zero attached hydrogens (tertiary/aromatic N) is 3. The Kier molecular flexibility index (Phi) is 5.63. The maximum Gasteiger partial charge on any atom is 0.310 e. The molecule has 198 valence electrons. The summed E-state index contributed by atoms with van der Waals surface area (Å²) in [7, 11) is -13.4. The summed E-state index contributed by atoms with van der Waals surface area (Å²) >= 11 is 0. The molecule has 13 heteroatoms. The third kappa shape index (κ3) is 5.43. The molecule has 5 rings (SSSR count). The van der Waals surface area contributed by atoms with Crippen LogP contribution in [0.3, 0.4) is 0 Å². The number of imidazole rings is 1. The van der Waals surface area contributed by atoms with Crippen LogP contribution in [0, 0.1) is 0 Å². The van der Waals surface area contributed by atoms with Crippen molar-refractivity contribution in [3.8, 4) is 11.1 Å². The van der Waals surface area contributed by atoms with Crippen LogP contribution in [0.4, 0.5) is 25.1 Å². The molecular weight excluding hydrogens is 535 g/mol. The largest absolute Gasteiger partial charge is 0.382 e. The van der Waals surface area contributed by atoms with E-state index < -0.39 is 25.1 Å². The predicted octanol–water partition coefficient (Wildman–Crippen LogP) is 6.92. The van der Waals surface area contributed by atoms with Crippen LogP contribution in [-0.4, -0.2) is 41.2 Å². The van der Waals surface area contributed by atoms with E-state index in [2.05, 4.69) is 10.3 Å². The quantitative estimate of drug-likeness (QED) is 0.261. The van der Waals surface area contributed by atoms with Gasteiger partial charge in [-0.25, -0.2) is 13.4 Å². The van der Waals surface area contributed by atoms with Crippen LogP contribution >= 0.6 is 10.2 Å². The molecule has 0 atom stereocenters. The van der Waals surface area contributed by atoms with Gasteiger partial charge in [0.1, 0.15) is 10.5 Å². The van der Waals surface area contributed by atoms with Crippen LogP contribution < -0.4 is 5.32 Å². The highest BCUT2D eigenvalue weighted by Crippen LogP contribution is 3.02. The number of halogens is 5. The van der Waals surface area contributed by atoms with Crippen LogP contribution in [0.1, 0.15) is 12.8 Å². The van der Waals surface area contributed by atoms with E-state index in [-0.39, 0.29) is 29.7 Å². The molecule has 0 aliphatic carbocycles. The molecule has 0 unspecified atom stereocenters. The van der Waals surface area contributed by atoms with E-state index in [1.54, 1.807) is 30.5 Å². The second kappa shape index (κ2) is 8.17. The Hall–Kier alpha value is -3.16. The van der Waals surface area contributed by atoms with Crippen LogP contribution in [0.15, 0.2) is 89.0 Å². The van der Waals surface area contributed by atoms with Crippen molar-refractivity contribution in [1.29, 1.82) is 0 Å². The third-order valence-electron chi connectivity index (χ3n) is 6.34. The van der Waals surface area contributed by atoms with Gasteiger partial charge >= 0.3 is 10.2 Å². The second-order valence-corrected chi connectivity index (χ2v) is 13.3. The van der Waals surface area contributed by atoms with Crippen LogP contribution in [0.25, 0.3) is 16.8 Å². The number of hydrogen-bond acceptors (Lipinski definition) is 4. The number of aromatic nitrogens is 2. The fourth-order valence-electron chi connectivity index (χ4n) is 4.34. The van der Waals surface area contributed by atoms with E-state index in [0.29, 0.717) is 25.0 Å². The summed E-state index contributed by atoms with van der Waals surface area (Å²) in [5.74, 6) is 0. The zero-order valence-electron chi connectivity index (χ0n) is 19.3. The SMILES string of the molecule is O=S(=O)(c1ccc(-c2ccc3nccn3c2)cc1)N1CCC(Nc2ccc(S(F)(F)(F)(F)F)cc2)CC1. The van der Waals surface area contributed by atoms with Gasteiger partial charge in [-0.3, -0.25) is 0 Å². The summed E-state index contributed by atoms with van der Waals surface area (Å²) in [4.78, 5) is 2.42. The van der Waals surface area contributed by atoms with E-state index in [1.165, 1.54) is 4.31 Å². The van der Waals surface area contributed by atoms with Crippen molar-refractivity contribution in [2.75, 3.05) is 18.4 Å². The molecule has 1 saturated heterocycles. The third-order valence-corrected chi connectivity index (χ3v) is 9.41. The predicted molar refractivity (Wildman–Crippen MR) is 134 cm³/mol. The first-order valence-electron chi connectivity index (χ1n) is 11.3. The first kappa shape index (κ1) is 25.5. The highest BCUT2D eigenvalue weighted by atomic mass is 32.5. The molecule has 1 aliphatic rings. The summed E-state index contributed by atoms with van der Waals surface area (Å²) in [6.45, 7) is 0.422. The van der Waals surface area contributed by atoms with Gasteiger partial charge in [-0.05, 0) is 72.5 Å². The van der Waals surface area contributed by atoms with Crippen molar-refractivity contribution in [2.45, 2.75) is 28.7 Å². The van der Waals surface area contributed by atoms with E-state index in [4.69, 9.17) is 0 Å². The van der Waals surface area contributed by atoms with Gasteiger partial charge in [0.05, 0.1) is 4.90 Å². The van der Waals surface area contributed by atoms with Crippen LogP contribution in [-0.2, 0) is 10.0 Å². The van der Waals surface area contributed by atoms with E-state index in [9.17, 15) is 27.8 Å². The normalized spacial score (nSPS) is 17.9. The maximum absolute atomic E-state index is 13.2. The van der Waals surface area contributed by atoms with Crippen LogP contribution in [0.5, 0.6) is 0 Å². The Bertz CT molecular complexity index is 1550. The fourth-order valence-corrected chi connectivity index (χ4v) is 6.46. The monoisotopic (exact) mass is 558 g/mol. The highest BCUT2D eigenvalue weighted by molar-refractivity contribution is 8.45. The Balaban J connectivity index is 1.22. The fraction of sp³-hybridized carbons (Fsp3) is 0.208. The average molecular weight is 559 g/mol. The summed E-state index contributed by atoms with van der Waals surface area (Å²) in [5, 5.41) is 3.01. The van der Waals surface area contributed by atoms with Crippen LogP contribution in [0.2, 0.25) is 0 Å². The lowest BCUT2D eigenvalue weighted by atomic mass is 10.1. The number of benzene rings is 2. The van der Waals surface area contributed by atoms with Gasteiger partial charge in [-0.15, -0.1) is 0 Å². The van der Waals surface area contributed by atoms with Gasteiger partial charge in [0, 0.05) is 43.4 Å². The van der Waals surface area contributed by atoms with E-state index >= 15 is 0 Å². The zero-order valence-corrected chi connectivity index (χ0v) is 20.9. The van der Waals surface area contributed by atoms with Crippen molar-refractivity contribution in [3.05, 3.63) is 79.3 Å². The van der Waals surface area contributed by atoms with E-state index in [1.807, 2.05) is 28.9 Å². The summed E-state index contributed by atoms with van der Waals surface area (Å²) < 4.78 is 94.0. The van der Waals surface area contributed by atoms with Gasteiger partial charge in [-0.1, -0.05) is 31.6 Å². The molecule has 1 N–H and O–H groups in total. The molecule has 1 aliphatic heterocycles. The first-order chi connectivity index (χ1) is 17.2. The van der Waals surface area contributed by atoms with Crippen molar-refractivity contribution >= 4 is 31.6 Å². The molecule has 0 saturated carbocycles. The van der Waals surface area contributed by atoms with Gasteiger partial charge in [0.2, 0.25) is 10.0 Å². The molecular formula is C24H23F5N4O2S2. The summed E-state index contributed by atoms with van der Waals surface area (Å²) in [6, 6.07) is 12.8. The lowest BCUT2D eigenvalue weighted by Gasteiger charge is -2.40. The number of anilines is 1. The van der Waals surface area contributed by atoms with Crippen molar-refractivity contribution in [3.63, 3.8) is 0 Å². The molecule has 2 aromatic heterocycles. The molecule has 3 heterocycles. The molecule has 6 nitrogen and oxygen atoms in total.